The van der Waals surface area contributed by atoms with Crippen LogP contribution in [0.4, 0.5) is 0 Å². The van der Waals surface area contributed by atoms with Gasteiger partial charge in [0.1, 0.15) is 0 Å². The molecule has 0 aliphatic heterocycles. The third-order valence-electron chi connectivity index (χ3n) is 0.755. The van der Waals surface area contributed by atoms with Crippen LogP contribution >= 0.6 is 6.64 Å². The number of nitrogens with two attached hydrogens (primary N) is 1. The molecule has 0 aliphatic carbocycles. The maximum atomic E-state index is 8.87. The maximum Gasteiger partial charge on any atom is 0.322 e. The van der Waals surface area contributed by atoms with E-state index in [4.69, 9.17) is 10.4 Å². The van der Waals surface area contributed by atoms with E-state index in [2.05, 4.69) is 26.3 Å². The van der Waals surface area contributed by atoms with Crippen molar-refractivity contribution in [2.45, 2.75) is 0 Å². The van der Waals surface area contributed by atoms with Crippen LogP contribution in [0, 0.1) is 0 Å². The largest absolute Gasteiger partial charge is 0.398 e. The lowest BCUT2D eigenvalue weighted by Gasteiger charge is -2.07. The van der Waals surface area contributed by atoms with Crippen molar-refractivity contribution in [1.82, 2.24) is 9.97 Å². The third-order valence-corrected chi connectivity index (χ3v) is 1.40. The van der Waals surface area contributed by atoms with E-state index in [-0.39, 0.29) is 6.01 Å². The van der Waals surface area contributed by atoms with Crippen molar-refractivity contribution in [3.8, 4) is 6.01 Å². The summed E-state index contributed by atoms with van der Waals surface area (Å²) < 4.78 is 4.64. The second-order valence-electron chi connectivity index (χ2n) is 1.69. The Labute approximate surface area is 68.5 Å². The summed E-state index contributed by atoms with van der Waals surface area (Å²) in [6.45, 7) is -3.18. The number of nitrogens with zero attached hydrogens (tertiary/aromatic N) is 2. The van der Waals surface area contributed by atoms with E-state index in [1.54, 1.807) is 6.07 Å². The first kappa shape index (κ1) is 8.55. The van der Waals surface area contributed by atoms with Crippen molar-refractivity contribution in [3.63, 3.8) is 0 Å². The molecule has 0 aromatic carbocycles. The molecular formula is C4H6N3O2PS. The SMILES string of the molecule is NP(O)(=S)Oc1ncccn1. The van der Waals surface area contributed by atoms with Gasteiger partial charge in [0.25, 0.3) is 0 Å². The van der Waals surface area contributed by atoms with Crippen molar-refractivity contribution in [3.05, 3.63) is 18.5 Å². The fourth-order valence-electron chi connectivity index (χ4n) is 0.450. The van der Waals surface area contributed by atoms with Crippen LogP contribution in [0.1, 0.15) is 0 Å². The molecule has 0 fully saturated rings. The van der Waals surface area contributed by atoms with Crippen molar-refractivity contribution >= 4 is 18.4 Å². The Morgan fingerprint density at radius 1 is 1.55 bits per heavy atom. The molecule has 7 heteroatoms. The molecule has 11 heavy (non-hydrogen) atoms. The normalized spacial score (nSPS) is 15.5. The van der Waals surface area contributed by atoms with Crippen LogP contribution in [-0.4, -0.2) is 14.9 Å². The van der Waals surface area contributed by atoms with E-state index in [1.807, 2.05) is 0 Å². The summed E-state index contributed by atoms with van der Waals surface area (Å²) in [6, 6.07) is 1.62. The first-order chi connectivity index (χ1) is 5.08. The molecule has 0 radical (unpaired) electrons. The van der Waals surface area contributed by atoms with Gasteiger partial charge in [-0.25, -0.2) is 15.5 Å². The number of hydrogen-bond donors (Lipinski definition) is 2. The van der Waals surface area contributed by atoms with E-state index in [0.717, 1.165) is 0 Å². The molecule has 0 spiro atoms. The second-order valence-corrected chi connectivity index (χ2v) is 4.57. The molecule has 3 N–H and O–H groups in total. The standard InChI is InChI=1S/C4H6N3O2PS/c5-10(8,11)9-4-6-2-1-3-7-4/h1-3H,(H3,5,8,11). The molecule has 0 aliphatic rings. The zero-order valence-electron chi connectivity index (χ0n) is 5.41. The van der Waals surface area contributed by atoms with Gasteiger partial charge in [-0.15, -0.1) is 0 Å². The highest BCUT2D eigenvalue weighted by molar-refractivity contribution is 8.08. The third kappa shape index (κ3) is 3.38. The maximum absolute atomic E-state index is 8.87. The van der Waals surface area contributed by atoms with Crippen LogP contribution in [0.3, 0.4) is 0 Å². The topological polar surface area (TPSA) is 81.3 Å². The first-order valence-electron chi connectivity index (χ1n) is 2.66. The number of rotatable bonds is 2. The molecule has 0 amide bonds. The fraction of sp³-hybridized carbons (Fsp3) is 0. The lowest BCUT2D eigenvalue weighted by Crippen LogP contribution is -2.02. The average molecular weight is 191 g/mol. The van der Waals surface area contributed by atoms with E-state index in [1.165, 1.54) is 12.4 Å². The minimum absolute atomic E-state index is 0.000772. The van der Waals surface area contributed by atoms with Crippen molar-refractivity contribution < 1.29 is 9.42 Å². The zero-order valence-corrected chi connectivity index (χ0v) is 7.13. The summed E-state index contributed by atoms with van der Waals surface area (Å²) >= 11 is 4.41. The van der Waals surface area contributed by atoms with Gasteiger partial charge in [0.15, 0.2) is 0 Å². The van der Waals surface area contributed by atoms with Crippen LogP contribution in [0.25, 0.3) is 0 Å². The second kappa shape index (κ2) is 3.23. The minimum atomic E-state index is -3.18. The smallest absolute Gasteiger partial charge is 0.322 e. The van der Waals surface area contributed by atoms with Gasteiger partial charge >= 0.3 is 12.7 Å². The summed E-state index contributed by atoms with van der Waals surface area (Å²) in [4.78, 5) is 16.2. The molecule has 5 nitrogen and oxygen atoms in total. The summed E-state index contributed by atoms with van der Waals surface area (Å²) in [5.41, 5.74) is 5.05. The Balaban J connectivity index is 2.74. The molecule has 0 bridgehead atoms. The highest BCUT2D eigenvalue weighted by atomic mass is 32.5. The van der Waals surface area contributed by atoms with Gasteiger partial charge in [-0.1, -0.05) is 0 Å². The zero-order chi connectivity index (χ0) is 8.32. The number of hydrogen-bond acceptors (Lipinski definition) is 4. The van der Waals surface area contributed by atoms with E-state index < -0.39 is 6.64 Å². The average Bonchev–Trinajstić information content (AvgIpc) is 1.85. The summed E-state index contributed by atoms with van der Waals surface area (Å²) in [5, 5.41) is 0. The lowest BCUT2D eigenvalue weighted by molar-refractivity contribution is 0.459. The Kier molecular flexibility index (Phi) is 2.51. The molecule has 1 aromatic heterocycles. The minimum Gasteiger partial charge on any atom is -0.398 e. The summed E-state index contributed by atoms with van der Waals surface area (Å²) in [6.07, 6.45) is 2.93. The van der Waals surface area contributed by atoms with Crippen molar-refractivity contribution in [2.75, 3.05) is 0 Å². The van der Waals surface area contributed by atoms with Crippen LogP contribution < -0.4 is 10.0 Å². The predicted molar refractivity (Wildman–Crippen MR) is 43.4 cm³/mol. The van der Waals surface area contributed by atoms with Gasteiger partial charge in [-0.2, -0.15) is 0 Å². The van der Waals surface area contributed by atoms with Gasteiger partial charge in [0.2, 0.25) is 0 Å². The van der Waals surface area contributed by atoms with Crippen LogP contribution in [0.15, 0.2) is 18.5 Å². The first-order valence-corrected chi connectivity index (χ1v) is 5.40. The lowest BCUT2D eigenvalue weighted by atomic mass is 10.7. The fourth-order valence-corrected chi connectivity index (χ4v) is 0.978. The van der Waals surface area contributed by atoms with Crippen LogP contribution in [0.5, 0.6) is 6.01 Å². The molecule has 0 saturated carbocycles. The van der Waals surface area contributed by atoms with Gasteiger partial charge in [0, 0.05) is 12.4 Å². The Morgan fingerprint density at radius 3 is 2.55 bits per heavy atom. The van der Waals surface area contributed by atoms with E-state index in [9.17, 15) is 0 Å². The van der Waals surface area contributed by atoms with Crippen molar-refractivity contribution in [2.24, 2.45) is 5.50 Å². The van der Waals surface area contributed by atoms with Gasteiger partial charge in [-0.05, 0) is 17.9 Å². The highest BCUT2D eigenvalue weighted by Crippen LogP contribution is 2.31. The van der Waals surface area contributed by atoms with E-state index >= 15 is 0 Å². The quantitative estimate of drug-likeness (QED) is 0.642. The van der Waals surface area contributed by atoms with Crippen LogP contribution in [0.2, 0.25) is 0 Å². The summed E-state index contributed by atoms with van der Waals surface area (Å²) in [7, 11) is 0. The van der Waals surface area contributed by atoms with Gasteiger partial charge in [-0.3, -0.25) is 0 Å². The predicted octanol–water partition coefficient (Wildman–Crippen LogP) is 0.0309. The Hall–Kier alpha value is -0.550. The molecule has 1 rings (SSSR count). The molecule has 0 saturated heterocycles. The molecule has 1 aromatic rings. The molecule has 60 valence electrons. The molecule has 1 atom stereocenters. The Bertz CT molecular complexity index is 274. The number of aromatic nitrogens is 2. The van der Waals surface area contributed by atoms with Crippen LogP contribution in [-0.2, 0) is 11.8 Å². The molecule has 1 unspecified atom stereocenters. The molecule has 1 heterocycles. The highest BCUT2D eigenvalue weighted by Gasteiger charge is 2.08. The van der Waals surface area contributed by atoms with Gasteiger partial charge < -0.3 is 9.42 Å². The van der Waals surface area contributed by atoms with Crippen molar-refractivity contribution in [1.29, 1.82) is 0 Å². The molecular weight excluding hydrogens is 185 g/mol. The van der Waals surface area contributed by atoms with E-state index in [0.29, 0.717) is 0 Å². The summed E-state index contributed by atoms with van der Waals surface area (Å²) in [5.74, 6) is 0. The Morgan fingerprint density at radius 2 is 2.09 bits per heavy atom. The van der Waals surface area contributed by atoms with Gasteiger partial charge in [0.05, 0.1) is 0 Å². The monoisotopic (exact) mass is 191 g/mol.